The molecule has 0 aromatic rings. The molecule has 0 nitrogen and oxygen atoms in total. The molecule has 2 heteroatoms. The summed E-state index contributed by atoms with van der Waals surface area (Å²) in [6.45, 7) is 4.76. The highest BCUT2D eigenvalue weighted by molar-refractivity contribution is 6.55. The molecule has 10 heavy (non-hydrogen) atoms. The van der Waals surface area contributed by atoms with Crippen LogP contribution in [0.1, 0.15) is 25.7 Å². The third-order valence-electron chi connectivity index (χ3n) is 1.56. The van der Waals surface area contributed by atoms with Crippen LogP contribution in [0.3, 0.4) is 0 Å². The topological polar surface area (TPSA) is 0 Å². The van der Waals surface area contributed by atoms with Crippen molar-refractivity contribution in [2.24, 2.45) is 0 Å². The van der Waals surface area contributed by atoms with Gasteiger partial charge in [0.2, 0.25) is 0 Å². The quantitative estimate of drug-likeness (QED) is 0.331. The van der Waals surface area contributed by atoms with Crippen LogP contribution >= 0.6 is 11.6 Å². The summed E-state index contributed by atoms with van der Waals surface area (Å²) >= 11 is 5.55. The summed E-state index contributed by atoms with van der Waals surface area (Å²) in [5, 5.41) is 0. The van der Waals surface area contributed by atoms with E-state index in [-0.39, 0.29) is 8.80 Å². The number of alkyl halides is 1. The zero-order valence-corrected chi connectivity index (χ0v) is 8.88. The van der Waals surface area contributed by atoms with Gasteiger partial charge in [-0.05, 0) is 6.42 Å². The molecule has 0 aliphatic heterocycles. The third kappa shape index (κ3) is 8.51. The number of halogens is 1. The molecule has 0 rings (SSSR count). The lowest BCUT2D eigenvalue weighted by molar-refractivity contribution is 0.702. The van der Waals surface area contributed by atoms with Crippen molar-refractivity contribution in [3.05, 3.63) is 0 Å². The summed E-state index contributed by atoms with van der Waals surface area (Å²) in [6.07, 6.45) is 5.36. The van der Waals surface area contributed by atoms with Crippen molar-refractivity contribution in [2.45, 2.75) is 44.8 Å². The lowest BCUT2D eigenvalue weighted by Gasteiger charge is -2.00. The summed E-state index contributed by atoms with van der Waals surface area (Å²) in [6, 6.07) is 1.48. The number of unbranched alkanes of at least 4 members (excludes halogenated alkanes) is 3. The van der Waals surface area contributed by atoms with Gasteiger partial charge in [0.25, 0.3) is 0 Å². The molecule has 0 N–H and O–H groups in total. The Balaban J connectivity index is 2.77. The Labute approximate surface area is 71.6 Å². The molecule has 0 unspecified atom stereocenters. The Bertz CT molecular complexity index is 64.3. The minimum absolute atomic E-state index is 0.0453. The summed E-state index contributed by atoms with van der Waals surface area (Å²) in [5.74, 6) is 0.843. The first-order valence-corrected chi connectivity index (χ1v) is 7.36. The van der Waals surface area contributed by atoms with E-state index in [2.05, 4.69) is 13.1 Å². The smallest absolute Gasteiger partial charge is 0.0412 e. The molecule has 61 valence electrons. The minimum atomic E-state index is 0.0453. The van der Waals surface area contributed by atoms with Crippen molar-refractivity contribution in [3.8, 4) is 0 Å². The first-order chi connectivity index (χ1) is 4.77. The SMILES string of the molecule is C[Si](C)CCCCCCCl. The van der Waals surface area contributed by atoms with Gasteiger partial charge in [-0.3, -0.25) is 0 Å². The minimum Gasteiger partial charge on any atom is -0.127 e. The Hall–Kier alpha value is 0.507. The summed E-state index contributed by atoms with van der Waals surface area (Å²) < 4.78 is 0. The van der Waals surface area contributed by atoms with E-state index in [0.717, 1.165) is 5.88 Å². The van der Waals surface area contributed by atoms with Gasteiger partial charge in [0.05, 0.1) is 0 Å². The Morgan fingerprint density at radius 1 is 1.00 bits per heavy atom. The van der Waals surface area contributed by atoms with E-state index in [1.165, 1.54) is 31.7 Å². The van der Waals surface area contributed by atoms with Crippen molar-refractivity contribution in [1.82, 2.24) is 0 Å². The van der Waals surface area contributed by atoms with Crippen molar-refractivity contribution in [2.75, 3.05) is 5.88 Å². The first kappa shape index (κ1) is 10.5. The van der Waals surface area contributed by atoms with E-state index in [1.807, 2.05) is 0 Å². The predicted molar refractivity (Wildman–Crippen MR) is 51.5 cm³/mol. The number of hydrogen-bond donors (Lipinski definition) is 0. The monoisotopic (exact) mass is 177 g/mol. The standard InChI is InChI=1S/C8H18ClSi/c1-10(2)8-6-4-3-5-7-9/h3-8H2,1-2H3. The average Bonchev–Trinajstić information content (AvgIpc) is 1.87. The van der Waals surface area contributed by atoms with Crippen molar-refractivity contribution in [3.63, 3.8) is 0 Å². The largest absolute Gasteiger partial charge is 0.127 e. The molecule has 0 saturated carbocycles. The predicted octanol–water partition coefficient (Wildman–Crippen LogP) is 3.54. The third-order valence-corrected chi connectivity index (χ3v) is 3.18. The van der Waals surface area contributed by atoms with E-state index in [4.69, 9.17) is 11.6 Å². The molecule has 0 heterocycles. The molecule has 0 aliphatic carbocycles. The van der Waals surface area contributed by atoms with E-state index < -0.39 is 0 Å². The molecule has 0 aromatic carbocycles. The average molecular weight is 178 g/mol. The second kappa shape index (κ2) is 7.61. The van der Waals surface area contributed by atoms with Gasteiger partial charge in [0, 0.05) is 14.7 Å². The van der Waals surface area contributed by atoms with E-state index >= 15 is 0 Å². The highest BCUT2D eigenvalue weighted by Crippen LogP contribution is 2.06. The van der Waals surface area contributed by atoms with Gasteiger partial charge in [-0.15, -0.1) is 11.6 Å². The second-order valence-electron chi connectivity index (χ2n) is 3.06. The van der Waals surface area contributed by atoms with Gasteiger partial charge in [0.1, 0.15) is 0 Å². The maximum Gasteiger partial charge on any atom is 0.0412 e. The van der Waals surface area contributed by atoms with Crippen molar-refractivity contribution in [1.29, 1.82) is 0 Å². The molecule has 0 aliphatic rings. The molecule has 1 radical (unpaired) electrons. The van der Waals surface area contributed by atoms with Gasteiger partial charge in [-0.25, -0.2) is 0 Å². The van der Waals surface area contributed by atoms with Crippen LogP contribution in [0.2, 0.25) is 19.1 Å². The van der Waals surface area contributed by atoms with Crippen LogP contribution in [-0.4, -0.2) is 14.7 Å². The maximum absolute atomic E-state index is 5.55. The van der Waals surface area contributed by atoms with Gasteiger partial charge < -0.3 is 0 Å². The Morgan fingerprint density at radius 2 is 1.60 bits per heavy atom. The molecule has 0 fully saturated rings. The van der Waals surface area contributed by atoms with Gasteiger partial charge in [-0.1, -0.05) is 38.4 Å². The van der Waals surface area contributed by atoms with Crippen LogP contribution in [-0.2, 0) is 0 Å². The fourth-order valence-electron chi connectivity index (χ4n) is 0.927. The zero-order valence-electron chi connectivity index (χ0n) is 7.12. The Morgan fingerprint density at radius 3 is 2.10 bits per heavy atom. The van der Waals surface area contributed by atoms with Gasteiger partial charge in [-0.2, -0.15) is 0 Å². The fraction of sp³-hybridized carbons (Fsp3) is 1.00. The summed E-state index contributed by atoms with van der Waals surface area (Å²) in [4.78, 5) is 0. The fourth-order valence-corrected chi connectivity index (χ4v) is 2.07. The van der Waals surface area contributed by atoms with Crippen molar-refractivity contribution >= 4 is 20.4 Å². The first-order valence-electron chi connectivity index (χ1n) is 4.12. The number of hydrogen-bond acceptors (Lipinski definition) is 0. The van der Waals surface area contributed by atoms with Gasteiger partial charge >= 0.3 is 0 Å². The second-order valence-corrected chi connectivity index (χ2v) is 6.35. The molecular formula is C8H18ClSi. The lowest BCUT2D eigenvalue weighted by atomic mass is 10.2. The Kier molecular flexibility index (Phi) is 8.00. The van der Waals surface area contributed by atoms with Crippen LogP contribution in [0.15, 0.2) is 0 Å². The van der Waals surface area contributed by atoms with Crippen LogP contribution in [0.4, 0.5) is 0 Å². The van der Waals surface area contributed by atoms with E-state index in [1.54, 1.807) is 0 Å². The molecule has 0 bridgehead atoms. The zero-order chi connectivity index (χ0) is 7.82. The van der Waals surface area contributed by atoms with Crippen LogP contribution < -0.4 is 0 Å². The van der Waals surface area contributed by atoms with Crippen molar-refractivity contribution < 1.29 is 0 Å². The number of rotatable bonds is 6. The van der Waals surface area contributed by atoms with Gasteiger partial charge in [0.15, 0.2) is 0 Å². The van der Waals surface area contributed by atoms with E-state index in [0.29, 0.717) is 0 Å². The highest BCUT2D eigenvalue weighted by atomic mass is 35.5. The molecule has 0 aromatic heterocycles. The highest BCUT2D eigenvalue weighted by Gasteiger charge is 1.94. The molecule has 0 saturated heterocycles. The van der Waals surface area contributed by atoms with Crippen LogP contribution in [0.25, 0.3) is 0 Å². The van der Waals surface area contributed by atoms with Crippen LogP contribution in [0, 0.1) is 0 Å². The van der Waals surface area contributed by atoms with E-state index in [9.17, 15) is 0 Å². The molecule has 0 atom stereocenters. The maximum atomic E-state index is 5.55. The lowest BCUT2D eigenvalue weighted by Crippen LogP contribution is -1.97. The molecular weight excluding hydrogens is 160 g/mol. The molecule has 0 spiro atoms. The summed E-state index contributed by atoms with van der Waals surface area (Å²) in [7, 11) is 0.0453. The summed E-state index contributed by atoms with van der Waals surface area (Å²) in [5.41, 5.74) is 0. The molecule has 0 amide bonds. The normalized spacial score (nSPS) is 10.8. The van der Waals surface area contributed by atoms with Crippen LogP contribution in [0.5, 0.6) is 0 Å².